The zero-order chi connectivity index (χ0) is 23.6. The lowest BCUT2D eigenvalue weighted by Gasteiger charge is -2.07. The number of imidazole rings is 1. The fraction of sp³-hybridized carbons (Fsp3) is 0.0952. The van der Waals surface area contributed by atoms with Crippen molar-refractivity contribution in [1.82, 2.24) is 9.13 Å². The Kier molecular flexibility index (Phi) is 5.92. The minimum absolute atomic E-state index is 0.202. The normalized spacial score (nSPS) is 10.6. The van der Waals surface area contributed by atoms with Gasteiger partial charge in [-0.3, -0.25) is 20.0 Å². The molecule has 0 radical (unpaired) electrons. The van der Waals surface area contributed by atoms with Gasteiger partial charge in [0.25, 0.3) is 0 Å². The number of amidine groups is 2. The van der Waals surface area contributed by atoms with Crippen LogP contribution in [0.25, 0.3) is 0 Å². The number of nitrogens with two attached hydrogens (primary N) is 2. The summed E-state index contributed by atoms with van der Waals surface area (Å²) in [5.41, 5.74) is 10.5. The van der Waals surface area contributed by atoms with Crippen LogP contribution in [0.5, 0.6) is 0 Å². The molecule has 3 aromatic rings. The highest BCUT2D eigenvalue weighted by Gasteiger charge is 2.29. The summed E-state index contributed by atoms with van der Waals surface area (Å²) >= 11 is 0. The zero-order valence-electron chi connectivity index (χ0n) is 16.7. The molecule has 0 fully saturated rings. The topological polar surface area (TPSA) is 201 Å². The van der Waals surface area contributed by atoms with Crippen LogP contribution in [0.4, 0.5) is 0 Å². The van der Waals surface area contributed by atoms with Gasteiger partial charge in [-0.1, -0.05) is 36.4 Å². The van der Waals surface area contributed by atoms with E-state index in [9.17, 15) is 24.6 Å². The second-order valence-electron chi connectivity index (χ2n) is 6.99. The summed E-state index contributed by atoms with van der Waals surface area (Å²) in [6.07, 6.45) is 0. The van der Waals surface area contributed by atoms with E-state index in [1.165, 1.54) is 12.1 Å². The van der Waals surface area contributed by atoms with Gasteiger partial charge in [0.2, 0.25) is 0 Å². The number of carboxylic acids is 2. The quantitative estimate of drug-likeness (QED) is 0.220. The van der Waals surface area contributed by atoms with Gasteiger partial charge in [-0.2, -0.15) is 0 Å². The number of aromatic carboxylic acids is 2. The Morgan fingerprint density at radius 1 is 0.781 bits per heavy atom. The maximum Gasteiger partial charge on any atom is 0.355 e. The standard InChI is InChI=1S/C21H20N6O5/c22-17(23)13-5-1-3-11(7-13)9-26-15(19(28)29)16(20(30)31)27(21(26)32)10-12-4-2-6-14(8-12)18(24)25/h1-8H,9-10H2,(H3,22,23)(H3,24,25)(H,28,29)(H,30,31). The highest BCUT2D eigenvalue weighted by Crippen LogP contribution is 2.15. The van der Waals surface area contributed by atoms with E-state index >= 15 is 0 Å². The molecule has 1 heterocycles. The summed E-state index contributed by atoms with van der Waals surface area (Å²) in [5, 5.41) is 34.5. The summed E-state index contributed by atoms with van der Waals surface area (Å²) in [4.78, 5) is 37.0. The highest BCUT2D eigenvalue weighted by atomic mass is 16.4. The van der Waals surface area contributed by atoms with Gasteiger partial charge in [0.15, 0.2) is 11.4 Å². The number of nitrogens with zero attached hydrogens (tertiary/aromatic N) is 2. The molecule has 1 aromatic heterocycles. The van der Waals surface area contributed by atoms with Crippen LogP contribution < -0.4 is 17.2 Å². The number of rotatable bonds is 8. The van der Waals surface area contributed by atoms with Crippen molar-refractivity contribution in [3.63, 3.8) is 0 Å². The van der Waals surface area contributed by atoms with Crippen LogP contribution in [0, 0.1) is 10.8 Å². The molecular formula is C21H20N6O5. The van der Waals surface area contributed by atoms with E-state index in [1.54, 1.807) is 36.4 Å². The molecule has 0 saturated heterocycles. The first-order valence-corrected chi connectivity index (χ1v) is 9.26. The van der Waals surface area contributed by atoms with Crippen LogP contribution in [0.15, 0.2) is 53.3 Å². The predicted octanol–water partition coefficient (Wildman–Crippen LogP) is 0.711. The Bertz CT molecular complexity index is 1220. The molecule has 3 rings (SSSR count). The lowest BCUT2D eigenvalue weighted by atomic mass is 10.1. The molecule has 0 aliphatic rings. The molecule has 0 atom stereocenters. The summed E-state index contributed by atoms with van der Waals surface area (Å²) in [6, 6.07) is 12.6. The van der Waals surface area contributed by atoms with Crippen molar-refractivity contribution in [1.29, 1.82) is 10.8 Å². The third-order valence-corrected chi connectivity index (χ3v) is 4.79. The monoisotopic (exact) mass is 436 g/mol. The maximum absolute atomic E-state index is 13.1. The van der Waals surface area contributed by atoms with E-state index in [0.29, 0.717) is 22.3 Å². The van der Waals surface area contributed by atoms with Crippen molar-refractivity contribution in [3.8, 4) is 0 Å². The Morgan fingerprint density at radius 3 is 1.47 bits per heavy atom. The van der Waals surface area contributed by atoms with Crippen LogP contribution in [0.3, 0.4) is 0 Å². The Hall–Kier alpha value is -4.67. The molecule has 11 nitrogen and oxygen atoms in total. The van der Waals surface area contributed by atoms with Gasteiger partial charge in [-0.05, 0) is 23.3 Å². The van der Waals surface area contributed by atoms with Crippen LogP contribution in [0.1, 0.15) is 43.2 Å². The molecule has 0 unspecified atom stereocenters. The fourth-order valence-corrected chi connectivity index (χ4v) is 3.36. The van der Waals surface area contributed by atoms with Crippen LogP contribution in [-0.4, -0.2) is 43.0 Å². The molecule has 0 bridgehead atoms. The molecule has 0 aliphatic carbocycles. The van der Waals surface area contributed by atoms with Gasteiger partial charge < -0.3 is 21.7 Å². The molecule has 0 aliphatic heterocycles. The number of hydrogen-bond acceptors (Lipinski definition) is 5. The molecule has 8 N–H and O–H groups in total. The largest absolute Gasteiger partial charge is 0.476 e. The number of carboxylic acid groups (broad SMARTS) is 2. The molecule has 164 valence electrons. The van der Waals surface area contributed by atoms with E-state index in [1.807, 2.05) is 0 Å². The lowest BCUT2D eigenvalue weighted by molar-refractivity contribution is 0.0637. The molecule has 0 amide bonds. The number of carbonyl (C=O) groups is 2. The second-order valence-corrected chi connectivity index (χ2v) is 6.99. The Balaban J connectivity index is 2.16. The van der Waals surface area contributed by atoms with Gasteiger partial charge in [0.05, 0.1) is 13.1 Å². The van der Waals surface area contributed by atoms with Crippen molar-refractivity contribution in [3.05, 3.63) is 92.7 Å². The van der Waals surface area contributed by atoms with Crippen molar-refractivity contribution in [2.75, 3.05) is 0 Å². The average Bonchev–Trinajstić information content (AvgIpc) is 3.00. The first kappa shape index (κ1) is 22.0. The minimum Gasteiger partial charge on any atom is -0.476 e. The third-order valence-electron chi connectivity index (χ3n) is 4.79. The zero-order valence-corrected chi connectivity index (χ0v) is 16.7. The summed E-state index contributed by atoms with van der Waals surface area (Å²) in [5.74, 6) is -3.55. The average molecular weight is 436 g/mol. The predicted molar refractivity (Wildman–Crippen MR) is 116 cm³/mol. The molecule has 0 spiro atoms. The van der Waals surface area contributed by atoms with E-state index in [0.717, 1.165) is 9.13 Å². The number of nitrogens with one attached hydrogen (secondary N) is 2. The molecule has 2 aromatic carbocycles. The summed E-state index contributed by atoms with van der Waals surface area (Å²) in [7, 11) is 0. The number of benzene rings is 2. The van der Waals surface area contributed by atoms with Crippen molar-refractivity contribution in [2.45, 2.75) is 13.1 Å². The van der Waals surface area contributed by atoms with Crippen molar-refractivity contribution >= 4 is 23.6 Å². The Labute approximate surface area is 181 Å². The first-order valence-electron chi connectivity index (χ1n) is 9.26. The van der Waals surface area contributed by atoms with Gasteiger partial charge in [0, 0.05) is 11.1 Å². The molecule has 0 saturated carbocycles. The number of nitrogen functional groups attached to an aromatic ring is 2. The molecule has 32 heavy (non-hydrogen) atoms. The van der Waals surface area contributed by atoms with Gasteiger partial charge in [0.1, 0.15) is 11.7 Å². The van der Waals surface area contributed by atoms with Crippen molar-refractivity contribution < 1.29 is 19.8 Å². The van der Waals surface area contributed by atoms with Crippen molar-refractivity contribution in [2.24, 2.45) is 11.5 Å². The smallest absolute Gasteiger partial charge is 0.355 e. The van der Waals surface area contributed by atoms with E-state index in [4.69, 9.17) is 22.3 Å². The summed E-state index contributed by atoms with van der Waals surface area (Å²) < 4.78 is 1.72. The van der Waals surface area contributed by atoms with E-state index in [-0.39, 0.29) is 24.8 Å². The first-order chi connectivity index (χ1) is 15.1. The van der Waals surface area contributed by atoms with Gasteiger partial charge >= 0.3 is 17.6 Å². The molecular weight excluding hydrogens is 416 g/mol. The number of hydrogen-bond donors (Lipinski definition) is 6. The maximum atomic E-state index is 13.1. The lowest BCUT2D eigenvalue weighted by Crippen LogP contribution is -2.27. The second kappa shape index (κ2) is 8.60. The SMILES string of the molecule is N=C(N)c1cccc(Cn2c(C(=O)O)c(C(=O)O)n(Cc3cccc(C(=N)N)c3)c2=O)c1. The number of aromatic nitrogens is 2. The van der Waals surface area contributed by atoms with E-state index in [2.05, 4.69) is 0 Å². The Morgan fingerprint density at radius 2 is 1.16 bits per heavy atom. The van der Waals surface area contributed by atoms with Crippen LogP contribution in [-0.2, 0) is 13.1 Å². The summed E-state index contributed by atoms with van der Waals surface area (Å²) in [6.45, 7) is -0.468. The highest BCUT2D eigenvalue weighted by molar-refractivity contribution is 5.99. The van der Waals surface area contributed by atoms with Gasteiger partial charge in [-0.25, -0.2) is 14.4 Å². The molecule has 11 heteroatoms. The van der Waals surface area contributed by atoms with E-state index < -0.39 is 29.0 Å². The van der Waals surface area contributed by atoms with Crippen LogP contribution in [0.2, 0.25) is 0 Å². The minimum atomic E-state index is -1.57. The third kappa shape index (κ3) is 4.26. The fourth-order valence-electron chi connectivity index (χ4n) is 3.36. The van der Waals surface area contributed by atoms with Crippen LogP contribution >= 0.6 is 0 Å². The van der Waals surface area contributed by atoms with Gasteiger partial charge in [-0.15, -0.1) is 0 Å².